The van der Waals surface area contributed by atoms with Crippen LogP contribution in [0.4, 0.5) is 5.69 Å². The van der Waals surface area contributed by atoms with Gasteiger partial charge in [0.25, 0.3) is 11.6 Å². The third-order valence-electron chi connectivity index (χ3n) is 4.54. The van der Waals surface area contributed by atoms with Crippen molar-refractivity contribution in [2.24, 2.45) is 0 Å². The number of carbonyl (C=O) groups is 2. The van der Waals surface area contributed by atoms with E-state index in [9.17, 15) is 9.59 Å². The Bertz CT molecular complexity index is 1280. The monoisotopic (exact) mass is 432 g/mol. The number of esters is 1. The third-order valence-corrected chi connectivity index (χ3v) is 5.43. The summed E-state index contributed by atoms with van der Waals surface area (Å²) >= 11 is 1.47. The summed E-state index contributed by atoms with van der Waals surface area (Å²) in [5.74, 6) is -1.21. The zero-order valence-corrected chi connectivity index (χ0v) is 17.3. The Labute approximate surface area is 181 Å². The van der Waals surface area contributed by atoms with Gasteiger partial charge < -0.3 is 9.26 Å². The highest BCUT2D eigenvalue weighted by atomic mass is 32.1. The van der Waals surface area contributed by atoms with Gasteiger partial charge in [-0.2, -0.15) is 5.26 Å². The number of aromatic nitrogens is 2. The SMILES string of the molecule is Cc1noc2nc(-c3cccs3)cc(C(=O)OCC(=O)N(CC#N)c3ccccc3)c12. The molecule has 0 unspecified atom stereocenters. The first-order valence-electron chi connectivity index (χ1n) is 9.29. The summed E-state index contributed by atoms with van der Waals surface area (Å²) in [6.07, 6.45) is 0. The molecule has 1 aromatic carbocycles. The van der Waals surface area contributed by atoms with Gasteiger partial charge in [0.15, 0.2) is 6.61 Å². The number of thiophene rings is 1. The van der Waals surface area contributed by atoms with Crippen molar-refractivity contribution in [3.63, 3.8) is 0 Å². The van der Waals surface area contributed by atoms with Gasteiger partial charge in [-0.25, -0.2) is 9.78 Å². The van der Waals surface area contributed by atoms with Gasteiger partial charge in [-0.05, 0) is 36.6 Å². The number of para-hydroxylation sites is 1. The van der Waals surface area contributed by atoms with Crippen LogP contribution in [-0.2, 0) is 9.53 Å². The lowest BCUT2D eigenvalue weighted by molar-refractivity contribution is -0.121. The molecule has 0 bridgehead atoms. The van der Waals surface area contributed by atoms with Crippen molar-refractivity contribution in [1.82, 2.24) is 10.1 Å². The number of benzene rings is 1. The number of rotatable bonds is 6. The Morgan fingerprint density at radius 2 is 2.03 bits per heavy atom. The number of aryl methyl sites for hydroxylation is 1. The van der Waals surface area contributed by atoms with E-state index in [-0.39, 0.29) is 17.8 Å². The summed E-state index contributed by atoms with van der Waals surface area (Å²) < 4.78 is 10.6. The van der Waals surface area contributed by atoms with Crippen molar-refractivity contribution in [1.29, 1.82) is 5.26 Å². The van der Waals surface area contributed by atoms with Crippen LogP contribution in [0.5, 0.6) is 0 Å². The predicted octanol–water partition coefficient (Wildman–Crippen LogP) is 3.97. The van der Waals surface area contributed by atoms with Crippen LogP contribution in [-0.4, -0.2) is 35.2 Å². The van der Waals surface area contributed by atoms with Gasteiger partial charge in [-0.15, -0.1) is 11.3 Å². The number of pyridine rings is 1. The molecule has 0 atom stereocenters. The first-order chi connectivity index (χ1) is 15.1. The Morgan fingerprint density at radius 3 is 2.74 bits per heavy atom. The molecule has 0 aliphatic carbocycles. The zero-order valence-electron chi connectivity index (χ0n) is 16.4. The molecule has 8 nitrogen and oxygen atoms in total. The van der Waals surface area contributed by atoms with Crippen LogP contribution in [0, 0.1) is 18.3 Å². The molecule has 3 heterocycles. The molecule has 0 radical (unpaired) electrons. The lowest BCUT2D eigenvalue weighted by Crippen LogP contribution is -2.35. The molecule has 4 rings (SSSR count). The van der Waals surface area contributed by atoms with Crippen LogP contribution in [0.25, 0.3) is 21.7 Å². The third kappa shape index (κ3) is 4.15. The van der Waals surface area contributed by atoms with Crippen LogP contribution in [0.1, 0.15) is 16.1 Å². The molecule has 0 aliphatic rings. The molecule has 4 aromatic rings. The molecule has 3 aromatic heterocycles. The van der Waals surface area contributed by atoms with Crippen molar-refractivity contribution >= 4 is 40.0 Å². The van der Waals surface area contributed by atoms with Crippen molar-refractivity contribution in [2.75, 3.05) is 18.1 Å². The first-order valence-corrected chi connectivity index (χ1v) is 10.2. The van der Waals surface area contributed by atoms with Crippen molar-refractivity contribution in [3.8, 4) is 16.6 Å². The Kier molecular flexibility index (Phi) is 5.73. The normalized spacial score (nSPS) is 10.6. The van der Waals surface area contributed by atoms with Crippen LogP contribution >= 0.6 is 11.3 Å². The predicted molar refractivity (Wildman–Crippen MR) is 115 cm³/mol. The van der Waals surface area contributed by atoms with Gasteiger partial charge in [-0.3, -0.25) is 9.69 Å². The van der Waals surface area contributed by atoms with Crippen LogP contribution < -0.4 is 4.90 Å². The van der Waals surface area contributed by atoms with Gasteiger partial charge in [-0.1, -0.05) is 29.4 Å². The topological polar surface area (TPSA) is 109 Å². The van der Waals surface area contributed by atoms with Crippen LogP contribution in [0.2, 0.25) is 0 Å². The number of fused-ring (bicyclic) bond motifs is 1. The second-order valence-corrected chi connectivity index (χ2v) is 7.48. The molecule has 0 fully saturated rings. The quantitative estimate of drug-likeness (QED) is 0.335. The van der Waals surface area contributed by atoms with E-state index >= 15 is 0 Å². The molecule has 0 saturated heterocycles. The Morgan fingerprint density at radius 1 is 1.23 bits per heavy atom. The van der Waals surface area contributed by atoms with E-state index in [1.807, 2.05) is 23.6 Å². The summed E-state index contributed by atoms with van der Waals surface area (Å²) in [7, 11) is 0. The number of ether oxygens (including phenoxy) is 1. The molecular weight excluding hydrogens is 416 g/mol. The molecule has 9 heteroatoms. The van der Waals surface area contributed by atoms with Crippen LogP contribution in [0.15, 0.2) is 58.4 Å². The molecule has 31 heavy (non-hydrogen) atoms. The van der Waals surface area contributed by atoms with Gasteiger partial charge in [0.2, 0.25) is 0 Å². The van der Waals surface area contributed by atoms with E-state index in [0.29, 0.717) is 22.5 Å². The van der Waals surface area contributed by atoms with E-state index in [1.165, 1.54) is 16.2 Å². The highest BCUT2D eigenvalue weighted by Crippen LogP contribution is 2.29. The number of nitrogens with zero attached hydrogens (tertiary/aromatic N) is 4. The van der Waals surface area contributed by atoms with Crippen molar-refractivity contribution < 1.29 is 18.8 Å². The smallest absolute Gasteiger partial charge is 0.339 e. The summed E-state index contributed by atoms with van der Waals surface area (Å²) in [6, 6.07) is 16.0. The van der Waals surface area contributed by atoms with E-state index in [1.54, 1.807) is 43.3 Å². The van der Waals surface area contributed by atoms with E-state index < -0.39 is 18.5 Å². The average Bonchev–Trinajstić information content (AvgIpc) is 3.46. The molecule has 0 N–H and O–H groups in total. The fourth-order valence-corrected chi connectivity index (χ4v) is 3.78. The highest BCUT2D eigenvalue weighted by Gasteiger charge is 2.23. The average molecular weight is 432 g/mol. The molecule has 154 valence electrons. The summed E-state index contributed by atoms with van der Waals surface area (Å²) in [5.41, 5.74) is 2.02. The van der Waals surface area contributed by atoms with Crippen molar-refractivity contribution in [2.45, 2.75) is 6.92 Å². The van der Waals surface area contributed by atoms with E-state index in [2.05, 4.69) is 10.1 Å². The minimum atomic E-state index is -0.699. The van der Waals surface area contributed by atoms with E-state index in [4.69, 9.17) is 14.5 Å². The maximum absolute atomic E-state index is 12.9. The van der Waals surface area contributed by atoms with Gasteiger partial charge in [0.1, 0.15) is 6.54 Å². The minimum Gasteiger partial charge on any atom is -0.452 e. The number of amides is 1. The molecular formula is C22H16N4O4S. The van der Waals surface area contributed by atoms with Gasteiger partial charge in [0.05, 0.1) is 33.3 Å². The summed E-state index contributed by atoms with van der Waals surface area (Å²) in [6.45, 7) is 1.02. The van der Waals surface area contributed by atoms with Gasteiger partial charge >= 0.3 is 5.97 Å². The lowest BCUT2D eigenvalue weighted by atomic mass is 10.1. The Hall–Kier alpha value is -4.03. The number of carbonyl (C=O) groups excluding carboxylic acids is 2. The maximum Gasteiger partial charge on any atom is 0.339 e. The molecule has 0 aliphatic heterocycles. The highest BCUT2D eigenvalue weighted by molar-refractivity contribution is 7.13. The molecule has 0 spiro atoms. The molecule has 1 amide bonds. The zero-order chi connectivity index (χ0) is 21.8. The second-order valence-electron chi connectivity index (χ2n) is 6.53. The van der Waals surface area contributed by atoms with Gasteiger partial charge in [0, 0.05) is 5.69 Å². The fraction of sp³-hybridized carbons (Fsp3) is 0.136. The number of nitriles is 1. The van der Waals surface area contributed by atoms with Crippen LogP contribution in [0.3, 0.4) is 0 Å². The lowest BCUT2D eigenvalue weighted by Gasteiger charge is -2.19. The second kappa shape index (κ2) is 8.77. The fourth-order valence-electron chi connectivity index (χ4n) is 3.09. The minimum absolute atomic E-state index is 0.160. The number of hydrogen-bond donors (Lipinski definition) is 0. The largest absolute Gasteiger partial charge is 0.452 e. The number of hydrogen-bond acceptors (Lipinski definition) is 8. The first kappa shape index (κ1) is 20.3. The summed E-state index contributed by atoms with van der Waals surface area (Å²) in [4.78, 5) is 32.1. The van der Waals surface area contributed by atoms with E-state index in [0.717, 1.165) is 4.88 Å². The standard InChI is InChI=1S/C22H16N4O4S/c1-14-20-16(12-17(18-8-5-11-31-18)24-21(20)30-25-14)22(28)29-13-19(27)26(10-9-23)15-6-3-2-4-7-15/h2-8,11-12H,10,13H2,1H3. The molecule has 0 saturated carbocycles. The maximum atomic E-state index is 12.9. The Balaban J connectivity index is 1.59. The van der Waals surface area contributed by atoms with Crippen molar-refractivity contribution in [3.05, 3.63) is 65.2 Å². The number of anilines is 1. The summed E-state index contributed by atoms with van der Waals surface area (Å²) in [5, 5.41) is 15.3.